The minimum Gasteiger partial charge on any atom is -0.506 e. The summed E-state index contributed by atoms with van der Waals surface area (Å²) < 4.78 is 0. The van der Waals surface area contributed by atoms with Gasteiger partial charge in [-0.2, -0.15) is 0 Å². The largest absolute Gasteiger partial charge is 0.506 e. The Bertz CT molecular complexity index is 604. The molecule has 5 heteroatoms. The summed E-state index contributed by atoms with van der Waals surface area (Å²) in [5, 5.41) is 11.5. The van der Waals surface area contributed by atoms with Gasteiger partial charge in [-0.3, -0.25) is 4.98 Å². The molecule has 0 atom stereocenters. The van der Waals surface area contributed by atoms with Crippen molar-refractivity contribution in [1.29, 1.82) is 0 Å². The lowest BCUT2D eigenvalue weighted by atomic mass is 10.2. The summed E-state index contributed by atoms with van der Waals surface area (Å²) in [5.74, 6) is 0.966. The molecule has 3 aromatic rings. The second-order valence-corrected chi connectivity index (χ2v) is 4.61. The third-order valence-electron chi connectivity index (χ3n) is 2.48. The number of aryl methyl sites for hydroxylation is 1. The van der Waals surface area contributed by atoms with Crippen molar-refractivity contribution >= 4 is 22.4 Å². The molecular formula is C11H9N3OS. The first-order valence-electron chi connectivity index (χ1n) is 4.83. The molecule has 16 heavy (non-hydrogen) atoms. The van der Waals surface area contributed by atoms with E-state index in [2.05, 4.69) is 15.0 Å². The van der Waals surface area contributed by atoms with E-state index in [-0.39, 0.29) is 5.75 Å². The number of pyridine rings is 1. The fourth-order valence-electron chi connectivity index (χ4n) is 1.71. The van der Waals surface area contributed by atoms with Crippen LogP contribution in [0, 0.1) is 6.92 Å². The first kappa shape index (κ1) is 9.35. The van der Waals surface area contributed by atoms with Crippen LogP contribution in [0.2, 0.25) is 0 Å². The molecule has 0 spiro atoms. The van der Waals surface area contributed by atoms with E-state index < -0.39 is 0 Å². The fraction of sp³-hybridized carbons (Fsp3) is 0.0909. The number of nitrogens with one attached hydrogen (secondary N) is 1. The molecule has 80 valence electrons. The first-order valence-corrected chi connectivity index (χ1v) is 5.71. The molecule has 0 radical (unpaired) electrons. The summed E-state index contributed by atoms with van der Waals surface area (Å²) in [7, 11) is 0. The molecule has 2 N–H and O–H groups in total. The summed E-state index contributed by atoms with van der Waals surface area (Å²) >= 11 is 1.51. The Morgan fingerprint density at radius 2 is 2.31 bits per heavy atom. The Balaban J connectivity index is 2.27. The van der Waals surface area contributed by atoms with Crippen LogP contribution < -0.4 is 0 Å². The standard InChI is InChI=1S/C11H9N3OS/c1-6-10(9(15)5-16-6)11-13-7-2-3-12-4-8(7)14-11/h2-5,15H,1H3,(H,13,14). The van der Waals surface area contributed by atoms with Gasteiger partial charge >= 0.3 is 0 Å². The molecule has 4 nitrogen and oxygen atoms in total. The van der Waals surface area contributed by atoms with E-state index in [1.807, 2.05) is 13.0 Å². The smallest absolute Gasteiger partial charge is 0.143 e. The van der Waals surface area contributed by atoms with Gasteiger partial charge in [0, 0.05) is 16.5 Å². The zero-order valence-corrected chi connectivity index (χ0v) is 9.38. The second kappa shape index (κ2) is 3.31. The molecule has 0 aromatic carbocycles. The molecule has 0 saturated carbocycles. The highest BCUT2D eigenvalue weighted by atomic mass is 32.1. The molecule has 0 bridgehead atoms. The number of rotatable bonds is 1. The number of H-pyrrole nitrogens is 1. The zero-order valence-electron chi connectivity index (χ0n) is 8.56. The average Bonchev–Trinajstić information content (AvgIpc) is 2.82. The van der Waals surface area contributed by atoms with E-state index in [1.54, 1.807) is 17.8 Å². The summed E-state index contributed by atoms with van der Waals surface area (Å²) in [5.41, 5.74) is 2.51. The lowest BCUT2D eigenvalue weighted by Gasteiger charge is -1.95. The maximum atomic E-state index is 9.74. The van der Waals surface area contributed by atoms with Gasteiger partial charge < -0.3 is 10.1 Å². The summed E-state index contributed by atoms with van der Waals surface area (Å²) in [4.78, 5) is 12.6. The fourth-order valence-corrected chi connectivity index (χ4v) is 2.43. The molecule has 0 aliphatic carbocycles. The SMILES string of the molecule is Cc1scc(O)c1-c1nc2ccncc2[nH]1. The Kier molecular flexibility index (Phi) is 1.94. The minimum atomic E-state index is 0.273. The van der Waals surface area contributed by atoms with Gasteiger partial charge in [0.15, 0.2) is 0 Å². The van der Waals surface area contributed by atoms with E-state index in [9.17, 15) is 5.11 Å². The average molecular weight is 231 g/mol. The van der Waals surface area contributed by atoms with Crippen LogP contribution in [0.1, 0.15) is 4.88 Å². The van der Waals surface area contributed by atoms with Crippen LogP contribution in [0.5, 0.6) is 5.75 Å². The van der Waals surface area contributed by atoms with Crippen LogP contribution in [-0.4, -0.2) is 20.1 Å². The number of nitrogens with zero attached hydrogens (tertiary/aromatic N) is 2. The molecule has 3 rings (SSSR count). The van der Waals surface area contributed by atoms with Gasteiger partial charge in [0.2, 0.25) is 0 Å². The summed E-state index contributed by atoms with van der Waals surface area (Å²) in [6.07, 6.45) is 3.43. The van der Waals surface area contributed by atoms with E-state index >= 15 is 0 Å². The van der Waals surface area contributed by atoms with E-state index in [0.717, 1.165) is 21.5 Å². The van der Waals surface area contributed by atoms with Gasteiger partial charge in [0.25, 0.3) is 0 Å². The highest BCUT2D eigenvalue weighted by molar-refractivity contribution is 7.10. The monoisotopic (exact) mass is 231 g/mol. The van der Waals surface area contributed by atoms with Crippen LogP contribution in [0.3, 0.4) is 0 Å². The molecular weight excluding hydrogens is 222 g/mol. The van der Waals surface area contributed by atoms with Crippen LogP contribution in [0.4, 0.5) is 0 Å². The number of fused-ring (bicyclic) bond motifs is 1. The number of hydrogen-bond donors (Lipinski definition) is 2. The van der Waals surface area contributed by atoms with Crippen molar-refractivity contribution in [3.05, 3.63) is 28.7 Å². The predicted molar refractivity (Wildman–Crippen MR) is 63.6 cm³/mol. The topological polar surface area (TPSA) is 61.8 Å². The quantitative estimate of drug-likeness (QED) is 0.677. The van der Waals surface area contributed by atoms with Gasteiger partial charge in [-0.15, -0.1) is 11.3 Å². The Hall–Kier alpha value is -1.88. The van der Waals surface area contributed by atoms with E-state index in [4.69, 9.17) is 0 Å². The third-order valence-corrected chi connectivity index (χ3v) is 3.37. The third kappa shape index (κ3) is 1.29. The molecule has 0 unspecified atom stereocenters. The highest BCUT2D eigenvalue weighted by Gasteiger charge is 2.13. The lowest BCUT2D eigenvalue weighted by molar-refractivity contribution is 0.479. The number of aromatic hydroxyl groups is 1. The number of aromatic nitrogens is 3. The van der Waals surface area contributed by atoms with Gasteiger partial charge in [0.05, 0.1) is 22.8 Å². The highest BCUT2D eigenvalue weighted by Crippen LogP contribution is 2.35. The number of hydrogen-bond acceptors (Lipinski definition) is 4. The van der Waals surface area contributed by atoms with Crippen molar-refractivity contribution in [2.45, 2.75) is 6.92 Å². The van der Waals surface area contributed by atoms with Crippen molar-refractivity contribution in [3.63, 3.8) is 0 Å². The summed E-state index contributed by atoms with van der Waals surface area (Å²) in [6, 6.07) is 1.84. The van der Waals surface area contributed by atoms with E-state index in [1.165, 1.54) is 11.3 Å². The van der Waals surface area contributed by atoms with Crippen molar-refractivity contribution < 1.29 is 5.11 Å². The lowest BCUT2D eigenvalue weighted by Crippen LogP contribution is -1.79. The molecule has 0 amide bonds. The van der Waals surface area contributed by atoms with Gasteiger partial charge in [0.1, 0.15) is 11.6 Å². The number of imidazole rings is 1. The zero-order chi connectivity index (χ0) is 11.1. The van der Waals surface area contributed by atoms with E-state index in [0.29, 0.717) is 5.82 Å². The van der Waals surface area contributed by atoms with Crippen LogP contribution in [0.25, 0.3) is 22.4 Å². The van der Waals surface area contributed by atoms with Gasteiger partial charge in [-0.05, 0) is 13.0 Å². The Morgan fingerprint density at radius 3 is 3.00 bits per heavy atom. The number of aromatic amines is 1. The molecule has 3 aromatic heterocycles. The Labute approximate surface area is 95.6 Å². The molecule has 3 heterocycles. The minimum absolute atomic E-state index is 0.273. The molecule has 0 fully saturated rings. The Morgan fingerprint density at radius 1 is 1.44 bits per heavy atom. The molecule has 0 aliphatic heterocycles. The summed E-state index contributed by atoms with van der Waals surface area (Å²) in [6.45, 7) is 1.96. The predicted octanol–water partition coefficient (Wildman–Crippen LogP) is 2.70. The maximum absolute atomic E-state index is 9.74. The van der Waals surface area contributed by atoms with Gasteiger partial charge in [-0.1, -0.05) is 0 Å². The van der Waals surface area contributed by atoms with Crippen molar-refractivity contribution in [2.75, 3.05) is 0 Å². The second-order valence-electron chi connectivity index (χ2n) is 3.53. The number of thiophene rings is 1. The van der Waals surface area contributed by atoms with Crippen LogP contribution >= 0.6 is 11.3 Å². The van der Waals surface area contributed by atoms with Crippen molar-refractivity contribution in [2.24, 2.45) is 0 Å². The van der Waals surface area contributed by atoms with Crippen LogP contribution in [-0.2, 0) is 0 Å². The van der Waals surface area contributed by atoms with Gasteiger partial charge in [-0.25, -0.2) is 4.98 Å². The van der Waals surface area contributed by atoms with Crippen molar-refractivity contribution in [3.8, 4) is 17.1 Å². The van der Waals surface area contributed by atoms with Crippen LogP contribution in [0.15, 0.2) is 23.8 Å². The van der Waals surface area contributed by atoms with Crippen molar-refractivity contribution in [1.82, 2.24) is 15.0 Å². The first-order chi connectivity index (χ1) is 7.75. The molecule has 0 saturated heterocycles. The molecule has 0 aliphatic rings. The maximum Gasteiger partial charge on any atom is 0.143 e. The normalized spacial score (nSPS) is 11.1.